The molecule has 0 heterocycles. The van der Waals surface area contributed by atoms with Crippen molar-refractivity contribution in [1.82, 2.24) is 5.01 Å². The molecule has 1 aromatic rings. The van der Waals surface area contributed by atoms with E-state index in [9.17, 15) is 19.0 Å². The van der Waals surface area contributed by atoms with E-state index in [1.807, 2.05) is 67.5 Å². The molecule has 0 aliphatic heterocycles. The van der Waals surface area contributed by atoms with Crippen LogP contribution in [0, 0.1) is 0 Å². The molecule has 0 aliphatic carbocycles. The highest BCUT2D eigenvalue weighted by atomic mass is 31.2. The molecule has 1 amide bonds. The van der Waals surface area contributed by atoms with Gasteiger partial charge >= 0.3 is 0 Å². The number of phenols is 1. The second-order valence-electron chi connectivity index (χ2n) is 10.6. The van der Waals surface area contributed by atoms with Crippen LogP contribution >= 0.6 is 14.3 Å². The first kappa shape index (κ1) is 28.9. The van der Waals surface area contributed by atoms with Gasteiger partial charge in [-0.05, 0) is 39.7 Å². The van der Waals surface area contributed by atoms with Crippen molar-refractivity contribution in [2.45, 2.75) is 85.9 Å². The van der Waals surface area contributed by atoms with Crippen molar-refractivity contribution in [3.63, 3.8) is 0 Å². The van der Waals surface area contributed by atoms with Crippen molar-refractivity contribution in [2.24, 2.45) is 5.84 Å². The number of amides is 1. The number of aromatic hydroxyl groups is 1. The predicted octanol–water partition coefficient (Wildman–Crippen LogP) is 7.09. The zero-order valence-electron chi connectivity index (χ0n) is 21.7. The summed E-state index contributed by atoms with van der Waals surface area (Å²) in [5.41, 5.74) is 0.631. The lowest BCUT2D eigenvalue weighted by Gasteiger charge is -2.37. The third-order valence-electron chi connectivity index (χ3n) is 6.42. The van der Waals surface area contributed by atoms with Gasteiger partial charge in [0.1, 0.15) is 18.7 Å². The van der Waals surface area contributed by atoms with Gasteiger partial charge in [0, 0.05) is 24.6 Å². The van der Waals surface area contributed by atoms with Crippen molar-refractivity contribution in [2.75, 3.05) is 24.6 Å². The number of nitrogens with zero attached hydrogens (tertiary/aromatic N) is 1. The summed E-state index contributed by atoms with van der Waals surface area (Å²) >= 11 is 0. The molecule has 8 heteroatoms. The highest BCUT2D eigenvalue weighted by Gasteiger charge is 2.43. The summed E-state index contributed by atoms with van der Waals surface area (Å²) in [6, 6.07) is 3.65. The lowest BCUT2D eigenvalue weighted by Crippen LogP contribution is -2.41. The zero-order valence-corrected chi connectivity index (χ0v) is 23.4. The number of carbonyl (C=O) groups excluding carboxylic acids is 1. The molecule has 0 fully saturated rings. The van der Waals surface area contributed by atoms with Gasteiger partial charge < -0.3 is 14.2 Å². The minimum Gasteiger partial charge on any atom is -0.507 e. The van der Waals surface area contributed by atoms with Gasteiger partial charge in [-0.25, -0.2) is 5.84 Å². The smallest absolute Gasteiger partial charge is 0.295 e. The number of hydrogen-bond acceptors (Lipinski definition) is 5. The van der Waals surface area contributed by atoms with Gasteiger partial charge in [0.2, 0.25) is 0 Å². The number of phenolic OH excluding ortho intramolecular Hbond substituents is 1. The van der Waals surface area contributed by atoms with Crippen LogP contribution in [0.15, 0.2) is 12.1 Å². The van der Waals surface area contributed by atoms with E-state index in [1.165, 1.54) is 0 Å². The summed E-state index contributed by atoms with van der Waals surface area (Å²) in [5.74, 6) is 5.70. The van der Waals surface area contributed by atoms with Crippen LogP contribution in [0.2, 0.25) is 0 Å². The molecule has 32 heavy (non-hydrogen) atoms. The SMILES string of the molecule is CCP(=O)(CC)C(=O)N(N)C(c1cc(C(C)(C)C)c(O)c(C(C)(C)C)c1)P(=O)(CC)CC. The van der Waals surface area contributed by atoms with Crippen LogP contribution in [-0.4, -0.2) is 40.4 Å². The van der Waals surface area contributed by atoms with Gasteiger partial charge in [-0.15, -0.1) is 0 Å². The van der Waals surface area contributed by atoms with Crippen LogP contribution in [-0.2, 0) is 20.0 Å². The average Bonchev–Trinajstić information content (AvgIpc) is 2.71. The third kappa shape index (κ3) is 5.69. The highest BCUT2D eigenvalue weighted by Crippen LogP contribution is 2.62. The molecule has 6 nitrogen and oxygen atoms in total. The molecule has 1 rings (SSSR count). The van der Waals surface area contributed by atoms with E-state index in [0.717, 1.165) is 5.01 Å². The van der Waals surface area contributed by atoms with Gasteiger partial charge in [-0.2, -0.15) is 0 Å². The summed E-state index contributed by atoms with van der Waals surface area (Å²) < 4.78 is 27.3. The Kier molecular flexibility index (Phi) is 9.08. The van der Waals surface area contributed by atoms with Crippen LogP contribution in [0.1, 0.15) is 91.7 Å². The van der Waals surface area contributed by atoms with Crippen LogP contribution < -0.4 is 5.84 Å². The minimum absolute atomic E-state index is 0.206. The fraction of sp³-hybridized carbons (Fsp3) is 0.708. The summed E-state index contributed by atoms with van der Waals surface area (Å²) in [7, 11) is -6.20. The summed E-state index contributed by atoms with van der Waals surface area (Å²) in [5, 5.41) is 12.1. The minimum atomic E-state index is -3.20. The van der Waals surface area contributed by atoms with Gasteiger partial charge in [-0.3, -0.25) is 9.80 Å². The predicted molar refractivity (Wildman–Crippen MR) is 137 cm³/mol. The van der Waals surface area contributed by atoms with E-state index in [4.69, 9.17) is 5.84 Å². The number of hydrogen-bond donors (Lipinski definition) is 2. The number of nitrogens with two attached hydrogens (primary N) is 1. The Bertz CT molecular complexity index is 878. The Morgan fingerprint density at radius 3 is 1.56 bits per heavy atom. The molecular weight excluding hydrogens is 442 g/mol. The highest BCUT2D eigenvalue weighted by molar-refractivity contribution is 7.80. The first-order valence-electron chi connectivity index (χ1n) is 11.6. The molecule has 0 radical (unpaired) electrons. The first-order valence-corrected chi connectivity index (χ1v) is 15.8. The van der Waals surface area contributed by atoms with Crippen LogP contribution in [0.25, 0.3) is 0 Å². The number of carbonyl (C=O) groups is 1. The second kappa shape index (κ2) is 10.0. The summed E-state index contributed by atoms with van der Waals surface area (Å²) in [6.07, 6.45) is 1.13. The van der Waals surface area contributed by atoms with E-state index < -0.39 is 36.5 Å². The van der Waals surface area contributed by atoms with E-state index in [0.29, 0.717) is 29.0 Å². The number of benzene rings is 1. The van der Waals surface area contributed by atoms with Crippen LogP contribution in [0.4, 0.5) is 4.79 Å². The number of rotatable bonds is 8. The first-order chi connectivity index (χ1) is 14.4. The molecule has 0 spiro atoms. The summed E-state index contributed by atoms with van der Waals surface area (Å²) in [6.45, 7) is 19.1. The van der Waals surface area contributed by atoms with E-state index in [1.54, 1.807) is 13.8 Å². The molecular formula is C24H44N2O4P2. The van der Waals surface area contributed by atoms with Crippen molar-refractivity contribution in [3.8, 4) is 5.75 Å². The Morgan fingerprint density at radius 2 is 1.28 bits per heavy atom. The average molecular weight is 487 g/mol. The lowest BCUT2D eigenvalue weighted by atomic mass is 9.78. The Hall–Kier alpha value is -1.09. The normalized spacial score (nSPS) is 14.3. The molecule has 1 unspecified atom stereocenters. The Balaban J connectivity index is 4.00. The van der Waals surface area contributed by atoms with Crippen molar-refractivity contribution < 1.29 is 19.0 Å². The van der Waals surface area contributed by atoms with E-state index in [-0.39, 0.29) is 18.1 Å². The lowest BCUT2D eigenvalue weighted by molar-refractivity contribution is 0.214. The van der Waals surface area contributed by atoms with Gasteiger partial charge in [0.15, 0.2) is 7.14 Å². The molecule has 0 saturated heterocycles. The van der Waals surface area contributed by atoms with Crippen molar-refractivity contribution >= 4 is 19.9 Å². The van der Waals surface area contributed by atoms with Gasteiger partial charge in [-0.1, -0.05) is 69.2 Å². The maximum absolute atomic E-state index is 14.1. The molecule has 0 aliphatic rings. The van der Waals surface area contributed by atoms with Crippen molar-refractivity contribution in [1.29, 1.82) is 0 Å². The molecule has 1 aromatic carbocycles. The van der Waals surface area contributed by atoms with Crippen LogP contribution in [0.3, 0.4) is 0 Å². The standard InChI is InChI=1S/C24H44N2O4P2/c1-11-31(29,12-2)21(26(25)22(28)32(30,13-3)14-4)17-15-18(23(5,6)7)20(27)19(16-17)24(8,9)10/h15-16,21,27H,11-14,25H2,1-10H3. The maximum atomic E-state index is 14.1. The monoisotopic (exact) mass is 486 g/mol. The molecule has 3 N–H and O–H groups in total. The fourth-order valence-electron chi connectivity index (χ4n) is 3.99. The van der Waals surface area contributed by atoms with Gasteiger partial charge in [0.25, 0.3) is 5.65 Å². The molecule has 0 saturated carbocycles. The number of hydrazine groups is 1. The van der Waals surface area contributed by atoms with Crippen molar-refractivity contribution in [3.05, 3.63) is 28.8 Å². The second-order valence-corrected chi connectivity index (χ2v) is 17.7. The topological polar surface area (TPSA) is 101 Å². The largest absolute Gasteiger partial charge is 0.507 e. The van der Waals surface area contributed by atoms with Crippen LogP contribution in [0.5, 0.6) is 5.75 Å². The Morgan fingerprint density at radius 1 is 0.906 bits per heavy atom. The van der Waals surface area contributed by atoms with E-state index in [2.05, 4.69) is 0 Å². The maximum Gasteiger partial charge on any atom is 0.295 e. The molecule has 0 aromatic heterocycles. The fourth-order valence-corrected chi connectivity index (χ4v) is 7.99. The zero-order chi connectivity index (χ0) is 25.3. The van der Waals surface area contributed by atoms with E-state index >= 15 is 0 Å². The molecule has 184 valence electrons. The van der Waals surface area contributed by atoms with Gasteiger partial charge in [0.05, 0.1) is 0 Å². The summed E-state index contributed by atoms with van der Waals surface area (Å²) in [4.78, 5) is 13.3. The quantitative estimate of drug-likeness (QED) is 0.177. The Labute approximate surface area is 195 Å². The molecule has 1 atom stereocenters. The third-order valence-corrected chi connectivity index (χ3v) is 13.0. The molecule has 0 bridgehead atoms.